The smallest absolute Gasteiger partial charge is 0.349 e. The maximum absolute atomic E-state index is 13.7. The van der Waals surface area contributed by atoms with Gasteiger partial charge in [-0.05, 0) is 31.2 Å². The number of para-hydroxylation sites is 2. The van der Waals surface area contributed by atoms with Crippen molar-refractivity contribution in [1.29, 1.82) is 0 Å². The first kappa shape index (κ1) is 22.0. The molecule has 6 nitrogen and oxygen atoms in total. The normalized spacial score (nSPS) is 12.1. The second-order valence-corrected chi connectivity index (χ2v) is 9.50. The predicted octanol–water partition coefficient (Wildman–Crippen LogP) is 6.66. The van der Waals surface area contributed by atoms with Gasteiger partial charge in [-0.15, -0.1) is 11.3 Å². The lowest BCUT2D eigenvalue weighted by atomic mass is 9.99. The van der Waals surface area contributed by atoms with Gasteiger partial charge in [0.1, 0.15) is 9.71 Å². The van der Waals surface area contributed by atoms with E-state index in [1.165, 1.54) is 11.3 Å². The number of fused-ring (bicyclic) bond motifs is 2. The quantitative estimate of drug-likeness (QED) is 0.209. The molecule has 0 aliphatic heterocycles. The minimum absolute atomic E-state index is 0.278. The van der Waals surface area contributed by atoms with E-state index in [1.807, 2.05) is 84.4 Å². The van der Waals surface area contributed by atoms with Crippen molar-refractivity contribution in [2.45, 2.75) is 13.0 Å². The number of benzene rings is 3. The van der Waals surface area contributed by atoms with E-state index < -0.39 is 12.1 Å². The van der Waals surface area contributed by atoms with Crippen LogP contribution in [0.15, 0.2) is 97.2 Å². The molecule has 0 spiro atoms. The molecule has 1 atom stereocenters. The molecule has 0 aliphatic rings. The summed E-state index contributed by atoms with van der Waals surface area (Å²) in [5, 5.41) is 6.31. The number of nitrogens with zero attached hydrogens (tertiary/aromatic N) is 2. The van der Waals surface area contributed by atoms with E-state index in [0.717, 1.165) is 32.5 Å². The van der Waals surface area contributed by atoms with Gasteiger partial charge in [0.25, 0.3) is 0 Å². The number of rotatable bonds is 6. The highest BCUT2D eigenvalue weighted by Gasteiger charge is 2.29. The third kappa shape index (κ3) is 3.79. The molecule has 1 N–H and O–H groups in total. The lowest BCUT2D eigenvalue weighted by molar-refractivity contribution is 0.0285. The number of ether oxygens (including phenoxy) is 1. The fourth-order valence-electron chi connectivity index (χ4n) is 4.37. The molecular formula is C29H21N3O3S. The molecule has 0 fully saturated rings. The fraction of sp³-hybridized carbons (Fsp3) is 0.0690. The van der Waals surface area contributed by atoms with E-state index in [0.29, 0.717) is 16.0 Å². The summed E-state index contributed by atoms with van der Waals surface area (Å²) < 4.78 is 7.75. The van der Waals surface area contributed by atoms with E-state index >= 15 is 0 Å². The minimum Gasteiger partial charge on any atom is -0.445 e. The number of nitrogens with one attached hydrogen (secondary N) is 1. The second-order valence-electron chi connectivity index (χ2n) is 8.47. The molecule has 6 aromatic rings. The first-order valence-electron chi connectivity index (χ1n) is 11.5. The highest BCUT2D eigenvalue weighted by Crippen LogP contribution is 2.33. The number of hydrogen-bond acceptors (Lipinski definition) is 5. The molecule has 3 heterocycles. The number of hydrogen-bond donors (Lipinski definition) is 1. The monoisotopic (exact) mass is 491 g/mol. The maximum Gasteiger partial charge on any atom is 0.349 e. The maximum atomic E-state index is 13.7. The number of carbonyl (C=O) groups excluding carboxylic acids is 2. The first-order valence-corrected chi connectivity index (χ1v) is 12.3. The Labute approximate surface area is 210 Å². The molecule has 0 saturated heterocycles. The Kier molecular flexibility index (Phi) is 5.47. The minimum atomic E-state index is -1.07. The zero-order chi connectivity index (χ0) is 24.6. The molecule has 0 bridgehead atoms. The van der Waals surface area contributed by atoms with Crippen molar-refractivity contribution < 1.29 is 14.3 Å². The number of ketones is 1. The number of Topliss-reactive ketones (excluding diaryl/α,β-unsaturated/α-hetero) is 1. The highest BCUT2D eigenvalue weighted by molar-refractivity contribution is 7.20. The molecule has 3 aromatic heterocycles. The van der Waals surface area contributed by atoms with Crippen molar-refractivity contribution in [1.82, 2.24) is 14.8 Å². The Morgan fingerprint density at radius 2 is 1.61 bits per heavy atom. The molecular weight excluding hydrogens is 470 g/mol. The number of aromatic nitrogens is 3. The van der Waals surface area contributed by atoms with Crippen molar-refractivity contribution in [3.63, 3.8) is 0 Å². The number of thiophene rings is 1. The van der Waals surface area contributed by atoms with Crippen LogP contribution in [0.2, 0.25) is 0 Å². The van der Waals surface area contributed by atoms with E-state index in [4.69, 9.17) is 4.74 Å². The van der Waals surface area contributed by atoms with Crippen LogP contribution in [-0.4, -0.2) is 26.5 Å². The molecule has 36 heavy (non-hydrogen) atoms. The van der Waals surface area contributed by atoms with E-state index in [-0.39, 0.29) is 5.78 Å². The van der Waals surface area contributed by atoms with Gasteiger partial charge in [-0.3, -0.25) is 4.79 Å². The SMILES string of the molecule is Cc1nn(-c2ccccc2)c2sc(C(=O)OC(C(=O)c3c[nH]c4ccccc34)c3ccccc3)cc12. The molecule has 0 radical (unpaired) electrons. The third-order valence-corrected chi connectivity index (χ3v) is 7.26. The molecule has 1 unspecified atom stereocenters. The fourth-order valence-corrected chi connectivity index (χ4v) is 5.44. The standard InChI is InChI=1S/C29H21N3O3S/c1-18-22-16-25(36-28(22)32(31-18)20-12-6-3-7-13-20)29(34)35-27(19-10-4-2-5-11-19)26(33)23-17-30-24-15-9-8-14-21(23)24/h2-17,27,30H,1H3. The lowest BCUT2D eigenvalue weighted by Crippen LogP contribution is -2.19. The van der Waals surface area contributed by atoms with Gasteiger partial charge < -0.3 is 9.72 Å². The summed E-state index contributed by atoms with van der Waals surface area (Å²) in [4.78, 5) is 31.5. The molecule has 3 aromatic carbocycles. The van der Waals surface area contributed by atoms with Gasteiger partial charge in [0.05, 0.1) is 11.4 Å². The number of carbonyl (C=O) groups is 2. The van der Waals surface area contributed by atoms with Crippen LogP contribution in [0, 0.1) is 6.92 Å². The molecule has 0 aliphatic carbocycles. The van der Waals surface area contributed by atoms with Crippen molar-refractivity contribution >= 4 is 44.2 Å². The number of aryl methyl sites for hydroxylation is 1. The van der Waals surface area contributed by atoms with Gasteiger partial charge in [-0.2, -0.15) is 5.10 Å². The van der Waals surface area contributed by atoms with Crippen molar-refractivity contribution in [3.05, 3.63) is 119 Å². The van der Waals surface area contributed by atoms with Crippen LogP contribution in [0.3, 0.4) is 0 Å². The summed E-state index contributed by atoms with van der Waals surface area (Å²) in [6.07, 6.45) is 0.600. The summed E-state index contributed by atoms with van der Waals surface area (Å²) in [6.45, 7) is 1.91. The first-order chi connectivity index (χ1) is 17.6. The van der Waals surface area contributed by atoms with E-state index in [9.17, 15) is 9.59 Å². The molecule has 0 saturated carbocycles. The largest absolute Gasteiger partial charge is 0.445 e. The van der Waals surface area contributed by atoms with E-state index in [1.54, 1.807) is 24.4 Å². The van der Waals surface area contributed by atoms with Crippen LogP contribution in [0.25, 0.3) is 26.8 Å². The topological polar surface area (TPSA) is 77.0 Å². The summed E-state index contributed by atoms with van der Waals surface area (Å²) in [5.74, 6) is -0.822. The summed E-state index contributed by atoms with van der Waals surface area (Å²) in [7, 11) is 0. The molecule has 176 valence electrons. The Balaban J connectivity index is 1.37. The van der Waals surface area contributed by atoms with Crippen molar-refractivity contribution in [3.8, 4) is 5.69 Å². The Hall–Kier alpha value is -4.49. The van der Waals surface area contributed by atoms with Crippen LogP contribution < -0.4 is 0 Å². The zero-order valence-electron chi connectivity index (χ0n) is 19.3. The van der Waals surface area contributed by atoms with Crippen LogP contribution in [0.4, 0.5) is 0 Å². The van der Waals surface area contributed by atoms with Crippen molar-refractivity contribution in [2.24, 2.45) is 0 Å². The molecule has 6 rings (SSSR count). The molecule has 0 amide bonds. The van der Waals surface area contributed by atoms with Crippen molar-refractivity contribution in [2.75, 3.05) is 0 Å². The van der Waals surface area contributed by atoms with Gasteiger partial charge >= 0.3 is 5.97 Å². The van der Waals surface area contributed by atoms with Crippen LogP contribution in [0.1, 0.15) is 37.4 Å². The average Bonchev–Trinajstić information content (AvgIpc) is 3.63. The summed E-state index contributed by atoms with van der Waals surface area (Å²) in [6, 6.07) is 28.3. The predicted molar refractivity (Wildman–Crippen MR) is 141 cm³/mol. The molecule has 7 heteroatoms. The summed E-state index contributed by atoms with van der Waals surface area (Å²) in [5.41, 5.74) is 3.69. The Morgan fingerprint density at radius 3 is 2.39 bits per heavy atom. The van der Waals surface area contributed by atoms with Gasteiger partial charge in [0, 0.05) is 33.6 Å². The highest BCUT2D eigenvalue weighted by atomic mass is 32.1. The van der Waals surface area contributed by atoms with E-state index in [2.05, 4.69) is 10.1 Å². The number of esters is 1. The van der Waals surface area contributed by atoms with Gasteiger partial charge in [-0.1, -0.05) is 66.7 Å². The zero-order valence-corrected chi connectivity index (χ0v) is 20.2. The summed E-state index contributed by atoms with van der Waals surface area (Å²) >= 11 is 1.31. The van der Waals surface area contributed by atoms with Gasteiger partial charge in [-0.25, -0.2) is 9.48 Å². The number of H-pyrrole nitrogens is 1. The number of aromatic amines is 1. The second kappa shape index (κ2) is 8.94. The van der Waals surface area contributed by atoms with Crippen LogP contribution in [-0.2, 0) is 4.74 Å². The van der Waals surface area contributed by atoms with Gasteiger partial charge in [0.2, 0.25) is 5.78 Å². The lowest BCUT2D eigenvalue weighted by Gasteiger charge is -2.16. The average molecular weight is 492 g/mol. The Bertz CT molecular complexity index is 1710. The van der Waals surface area contributed by atoms with Crippen LogP contribution in [0.5, 0.6) is 0 Å². The Morgan fingerprint density at radius 1 is 0.917 bits per heavy atom. The van der Waals surface area contributed by atoms with Crippen LogP contribution >= 0.6 is 11.3 Å². The third-order valence-electron chi connectivity index (χ3n) is 6.17. The van der Waals surface area contributed by atoms with Gasteiger partial charge in [0.15, 0.2) is 6.10 Å².